The Morgan fingerprint density at radius 1 is 1.33 bits per heavy atom. The number of ether oxygens (including phenoxy) is 2. The van der Waals surface area contributed by atoms with Crippen LogP contribution in [0.4, 0.5) is 16.4 Å². The molecule has 2 aromatic heterocycles. The number of hydrogen-bond donors (Lipinski definition) is 3. The van der Waals surface area contributed by atoms with E-state index in [1.165, 1.54) is 7.11 Å². The Bertz CT molecular complexity index is 819. The fraction of sp³-hybridized carbons (Fsp3) is 0.556. The van der Waals surface area contributed by atoms with Gasteiger partial charge in [0.15, 0.2) is 5.82 Å². The van der Waals surface area contributed by atoms with Crippen LogP contribution in [0.25, 0.3) is 0 Å². The Morgan fingerprint density at radius 3 is 2.96 bits per heavy atom. The van der Waals surface area contributed by atoms with Crippen molar-refractivity contribution in [1.29, 1.82) is 0 Å². The van der Waals surface area contributed by atoms with Crippen LogP contribution in [-0.2, 0) is 4.74 Å². The van der Waals surface area contributed by atoms with Crippen LogP contribution in [0.2, 0.25) is 0 Å². The maximum atomic E-state index is 12.0. The number of nitrogens with one attached hydrogen (secondary N) is 3. The number of aromatic nitrogens is 4. The highest BCUT2D eigenvalue weighted by atomic mass is 16.6. The Labute approximate surface area is 157 Å². The smallest absolute Gasteiger partial charge is 0.407 e. The first-order chi connectivity index (χ1) is 13.0. The van der Waals surface area contributed by atoms with Gasteiger partial charge in [-0.3, -0.25) is 5.10 Å². The van der Waals surface area contributed by atoms with Crippen LogP contribution < -0.4 is 15.4 Å². The minimum atomic E-state index is -0.301. The van der Waals surface area contributed by atoms with E-state index in [4.69, 9.17) is 9.47 Å². The molecule has 0 aromatic carbocycles. The zero-order valence-corrected chi connectivity index (χ0v) is 15.5. The average Bonchev–Trinajstić information content (AvgIpc) is 3.02. The van der Waals surface area contributed by atoms with Gasteiger partial charge in [0, 0.05) is 29.4 Å². The fourth-order valence-corrected chi connectivity index (χ4v) is 3.32. The van der Waals surface area contributed by atoms with Gasteiger partial charge in [0.2, 0.25) is 0 Å². The summed E-state index contributed by atoms with van der Waals surface area (Å²) < 4.78 is 10.6. The van der Waals surface area contributed by atoms with Gasteiger partial charge in [0.1, 0.15) is 11.9 Å². The maximum Gasteiger partial charge on any atom is 0.407 e. The lowest BCUT2D eigenvalue weighted by Crippen LogP contribution is -2.36. The molecule has 144 valence electrons. The van der Waals surface area contributed by atoms with Gasteiger partial charge < -0.3 is 20.1 Å². The predicted octanol–water partition coefficient (Wildman–Crippen LogP) is 2.87. The number of rotatable bonds is 6. The highest BCUT2D eigenvalue weighted by Gasteiger charge is 2.40. The molecule has 0 spiro atoms. The maximum absolute atomic E-state index is 12.0. The molecule has 2 heterocycles. The number of carbonyl (C=O) groups excluding carboxylic acids is 1. The number of carbonyl (C=O) groups is 1. The molecule has 0 aliphatic heterocycles. The quantitative estimate of drug-likeness (QED) is 0.714. The first-order valence-electron chi connectivity index (χ1n) is 9.21. The number of nitrogens with zero attached hydrogens (tertiary/aromatic N) is 3. The van der Waals surface area contributed by atoms with E-state index < -0.39 is 0 Å². The molecular weight excluding hydrogens is 348 g/mol. The molecule has 1 amide bonds. The molecule has 2 aromatic rings. The lowest BCUT2D eigenvalue weighted by Gasteiger charge is -2.16. The Kier molecular flexibility index (Phi) is 4.59. The van der Waals surface area contributed by atoms with Crippen molar-refractivity contribution in [2.45, 2.75) is 56.6 Å². The summed E-state index contributed by atoms with van der Waals surface area (Å²) in [7, 11) is 1.52. The predicted molar refractivity (Wildman–Crippen MR) is 98.1 cm³/mol. The molecule has 2 aliphatic carbocycles. The van der Waals surface area contributed by atoms with Crippen molar-refractivity contribution in [2.75, 3.05) is 12.4 Å². The topological polar surface area (TPSA) is 114 Å². The Balaban J connectivity index is 1.31. The van der Waals surface area contributed by atoms with Crippen LogP contribution in [0.1, 0.15) is 50.6 Å². The van der Waals surface area contributed by atoms with E-state index in [-0.39, 0.29) is 17.7 Å². The van der Waals surface area contributed by atoms with Crippen LogP contribution in [-0.4, -0.2) is 45.0 Å². The average molecular weight is 372 g/mol. The number of alkyl carbamates (subject to hydrolysis) is 1. The molecule has 2 saturated carbocycles. The summed E-state index contributed by atoms with van der Waals surface area (Å²) in [5, 5.41) is 13.4. The molecule has 0 saturated heterocycles. The zero-order chi connectivity index (χ0) is 18.9. The van der Waals surface area contributed by atoms with Gasteiger partial charge in [-0.2, -0.15) is 10.1 Å². The van der Waals surface area contributed by atoms with Crippen LogP contribution in [0.3, 0.4) is 0 Å². The monoisotopic (exact) mass is 372 g/mol. The first kappa shape index (κ1) is 17.6. The molecule has 0 unspecified atom stereocenters. The standard InChI is InChI=1S/C18H24N6O3/c1-18(6-7-18)22-17(25)27-12-4-3-11(9-12)13-10-15(24-23-13)20-14-5-8-19-16(21-14)26-2/h5,8,10-12H,3-4,6-7,9H2,1-2H3,(H,22,25)(H2,19,20,21,23,24)/t11-,12+/m0/s1. The lowest BCUT2D eigenvalue weighted by atomic mass is 10.0. The van der Waals surface area contributed by atoms with E-state index in [0.717, 1.165) is 37.8 Å². The minimum Gasteiger partial charge on any atom is -0.467 e. The molecule has 9 nitrogen and oxygen atoms in total. The van der Waals surface area contributed by atoms with E-state index in [1.54, 1.807) is 12.3 Å². The largest absolute Gasteiger partial charge is 0.467 e. The first-order valence-corrected chi connectivity index (χ1v) is 9.21. The summed E-state index contributed by atoms with van der Waals surface area (Å²) in [6.07, 6.45) is 5.93. The third kappa shape index (κ3) is 4.29. The second kappa shape index (κ2) is 7.05. The van der Waals surface area contributed by atoms with Crippen molar-refractivity contribution in [3.8, 4) is 6.01 Å². The second-order valence-electron chi connectivity index (χ2n) is 7.49. The second-order valence-corrected chi connectivity index (χ2v) is 7.49. The molecule has 2 atom stereocenters. The molecule has 0 radical (unpaired) electrons. The van der Waals surface area contributed by atoms with Crippen LogP contribution in [0, 0.1) is 0 Å². The highest BCUT2D eigenvalue weighted by Crippen LogP contribution is 2.37. The molecule has 2 fully saturated rings. The van der Waals surface area contributed by atoms with Gasteiger partial charge in [-0.05, 0) is 45.1 Å². The third-order valence-corrected chi connectivity index (χ3v) is 5.17. The molecule has 3 N–H and O–H groups in total. The van der Waals surface area contributed by atoms with E-state index in [2.05, 4.69) is 30.8 Å². The van der Waals surface area contributed by atoms with Crippen molar-refractivity contribution < 1.29 is 14.3 Å². The van der Waals surface area contributed by atoms with Gasteiger partial charge in [0.05, 0.1) is 7.11 Å². The summed E-state index contributed by atoms with van der Waals surface area (Å²) in [6, 6.07) is 4.01. The molecular formula is C18H24N6O3. The normalized spacial score (nSPS) is 22.9. The summed E-state index contributed by atoms with van der Waals surface area (Å²) in [5.74, 6) is 1.58. The van der Waals surface area contributed by atoms with Crippen molar-refractivity contribution in [1.82, 2.24) is 25.5 Å². The molecule has 9 heteroatoms. The zero-order valence-electron chi connectivity index (χ0n) is 15.5. The number of aromatic amines is 1. The van der Waals surface area contributed by atoms with Crippen molar-refractivity contribution in [2.24, 2.45) is 0 Å². The number of methoxy groups -OCH3 is 1. The van der Waals surface area contributed by atoms with Gasteiger partial charge >= 0.3 is 12.1 Å². The van der Waals surface area contributed by atoms with E-state index >= 15 is 0 Å². The minimum absolute atomic E-state index is 0.0526. The third-order valence-electron chi connectivity index (χ3n) is 5.17. The fourth-order valence-electron chi connectivity index (χ4n) is 3.32. The molecule has 0 bridgehead atoms. The Hall–Kier alpha value is -2.84. The number of H-pyrrole nitrogens is 1. The summed E-state index contributed by atoms with van der Waals surface area (Å²) in [4.78, 5) is 20.2. The number of hydrogen-bond acceptors (Lipinski definition) is 7. The highest BCUT2D eigenvalue weighted by molar-refractivity contribution is 5.69. The van der Waals surface area contributed by atoms with Gasteiger partial charge in [-0.1, -0.05) is 0 Å². The molecule has 27 heavy (non-hydrogen) atoms. The molecule has 2 aliphatic rings. The van der Waals surface area contributed by atoms with Gasteiger partial charge in [0.25, 0.3) is 0 Å². The summed E-state index contributed by atoms with van der Waals surface area (Å²) in [5.41, 5.74) is 0.974. The SMILES string of the molecule is COc1nccc(Nc2cc([C@H]3CC[C@@H](OC(=O)NC4(C)CC4)C3)[nH]n2)n1. The Morgan fingerprint density at radius 2 is 2.19 bits per heavy atom. The van der Waals surface area contributed by atoms with Crippen molar-refractivity contribution in [3.63, 3.8) is 0 Å². The van der Waals surface area contributed by atoms with Gasteiger partial charge in [-0.15, -0.1) is 0 Å². The van der Waals surface area contributed by atoms with Crippen LogP contribution >= 0.6 is 0 Å². The lowest BCUT2D eigenvalue weighted by molar-refractivity contribution is 0.0967. The van der Waals surface area contributed by atoms with Crippen molar-refractivity contribution in [3.05, 3.63) is 24.0 Å². The molecule has 4 rings (SSSR count). The summed E-state index contributed by atoms with van der Waals surface area (Å²) >= 11 is 0. The van der Waals surface area contributed by atoms with E-state index in [9.17, 15) is 4.79 Å². The van der Waals surface area contributed by atoms with E-state index in [0.29, 0.717) is 23.6 Å². The van der Waals surface area contributed by atoms with Crippen molar-refractivity contribution >= 4 is 17.7 Å². The van der Waals surface area contributed by atoms with Crippen LogP contribution in [0.5, 0.6) is 6.01 Å². The number of amides is 1. The van der Waals surface area contributed by atoms with E-state index in [1.807, 2.05) is 13.0 Å². The van der Waals surface area contributed by atoms with Gasteiger partial charge in [-0.25, -0.2) is 9.78 Å². The summed E-state index contributed by atoms with van der Waals surface area (Å²) in [6.45, 7) is 2.04. The van der Waals surface area contributed by atoms with Crippen LogP contribution in [0.15, 0.2) is 18.3 Å². The number of anilines is 2.